The first-order chi connectivity index (χ1) is 14.4. The highest BCUT2D eigenvalue weighted by Gasteiger charge is 2.38. The van der Waals surface area contributed by atoms with Crippen LogP contribution in [-0.4, -0.2) is 31.5 Å². The highest BCUT2D eigenvalue weighted by atomic mass is 19.1. The van der Waals surface area contributed by atoms with Crippen LogP contribution >= 0.6 is 0 Å². The number of nitriles is 1. The summed E-state index contributed by atoms with van der Waals surface area (Å²) in [5.74, 6) is -0.945. The molecule has 3 rings (SSSR count). The van der Waals surface area contributed by atoms with Crippen LogP contribution < -0.4 is 14.5 Å². The largest absolute Gasteiger partial charge is 0.494 e. The smallest absolute Gasteiger partial charge is 0.232 e. The molecular formula is C23H24FN3O3. The van der Waals surface area contributed by atoms with Gasteiger partial charge < -0.3 is 14.5 Å². The molecule has 1 aliphatic rings. The maximum absolute atomic E-state index is 14.4. The number of aryl methyl sites for hydroxylation is 1. The van der Waals surface area contributed by atoms with E-state index in [4.69, 9.17) is 10.00 Å². The number of hydrogen-bond acceptors (Lipinski definition) is 4. The molecule has 1 aliphatic heterocycles. The SMILES string of the molecule is CCOc1ccc(N(CCC#N)C(=O)C2CC(=O)N(c3ccc(C)cc3F)C2)cc1. The van der Waals surface area contributed by atoms with E-state index < -0.39 is 11.7 Å². The van der Waals surface area contributed by atoms with Gasteiger partial charge in [-0.1, -0.05) is 6.07 Å². The van der Waals surface area contributed by atoms with E-state index in [1.54, 1.807) is 43.3 Å². The summed E-state index contributed by atoms with van der Waals surface area (Å²) in [6, 6.07) is 13.8. The molecule has 1 fully saturated rings. The average Bonchev–Trinajstić information content (AvgIpc) is 3.11. The van der Waals surface area contributed by atoms with Gasteiger partial charge in [-0.25, -0.2) is 4.39 Å². The van der Waals surface area contributed by atoms with Crippen LogP contribution in [0.15, 0.2) is 42.5 Å². The highest BCUT2D eigenvalue weighted by molar-refractivity contribution is 6.04. The van der Waals surface area contributed by atoms with Gasteiger partial charge in [0.1, 0.15) is 11.6 Å². The molecule has 2 aromatic carbocycles. The molecule has 156 valence electrons. The van der Waals surface area contributed by atoms with Crippen LogP contribution in [0.4, 0.5) is 15.8 Å². The Kier molecular flexibility index (Phi) is 6.68. The molecule has 1 saturated heterocycles. The molecule has 0 saturated carbocycles. The Morgan fingerprint density at radius 1 is 1.30 bits per heavy atom. The molecule has 0 bridgehead atoms. The topological polar surface area (TPSA) is 73.6 Å². The first-order valence-electron chi connectivity index (χ1n) is 9.92. The molecule has 1 heterocycles. The second-order valence-electron chi connectivity index (χ2n) is 7.19. The van der Waals surface area contributed by atoms with Gasteiger partial charge in [-0.3, -0.25) is 9.59 Å². The highest BCUT2D eigenvalue weighted by Crippen LogP contribution is 2.30. The molecule has 0 aromatic heterocycles. The maximum Gasteiger partial charge on any atom is 0.232 e. The average molecular weight is 409 g/mol. The van der Waals surface area contributed by atoms with Gasteiger partial charge >= 0.3 is 0 Å². The molecular weight excluding hydrogens is 385 g/mol. The maximum atomic E-state index is 14.4. The predicted molar refractivity (Wildman–Crippen MR) is 112 cm³/mol. The first-order valence-corrected chi connectivity index (χ1v) is 9.92. The summed E-state index contributed by atoms with van der Waals surface area (Å²) in [6.45, 7) is 4.52. The van der Waals surface area contributed by atoms with Crippen LogP contribution in [0.3, 0.4) is 0 Å². The zero-order chi connectivity index (χ0) is 21.7. The van der Waals surface area contributed by atoms with E-state index in [-0.39, 0.29) is 43.4 Å². The van der Waals surface area contributed by atoms with Gasteiger partial charge in [0.15, 0.2) is 0 Å². The van der Waals surface area contributed by atoms with E-state index in [0.29, 0.717) is 18.0 Å². The minimum absolute atomic E-state index is 0.00618. The fourth-order valence-electron chi connectivity index (χ4n) is 3.57. The van der Waals surface area contributed by atoms with Gasteiger partial charge in [0, 0.05) is 25.2 Å². The lowest BCUT2D eigenvalue weighted by Gasteiger charge is -2.25. The Balaban J connectivity index is 1.81. The molecule has 0 spiro atoms. The lowest BCUT2D eigenvalue weighted by molar-refractivity contribution is -0.124. The number of ether oxygens (including phenoxy) is 1. The standard InChI is InChI=1S/C23H24FN3O3/c1-3-30-19-8-6-18(7-9-19)26(12-4-11-25)23(29)17-14-22(28)27(15-17)21-10-5-16(2)13-20(21)24/h5-10,13,17H,3-4,12,14-15H2,1-2H3. The van der Waals surface area contributed by atoms with Crippen molar-refractivity contribution in [1.82, 2.24) is 0 Å². The number of nitrogens with zero attached hydrogens (tertiary/aromatic N) is 3. The van der Waals surface area contributed by atoms with Gasteiger partial charge in [0.25, 0.3) is 0 Å². The summed E-state index contributed by atoms with van der Waals surface area (Å²) in [5, 5.41) is 9.00. The monoisotopic (exact) mass is 409 g/mol. The number of carbonyl (C=O) groups is 2. The van der Waals surface area contributed by atoms with Crippen LogP contribution in [0.25, 0.3) is 0 Å². The van der Waals surface area contributed by atoms with Gasteiger partial charge in [0.05, 0.1) is 30.7 Å². The van der Waals surface area contributed by atoms with Crippen molar-refractivity contribution in [3.63, 3.8) is 0 Å². The number of carbonyl (C=O) groups excluding carboxylic acids is 2. The van der Waals surface area contributed by atoms with E-state index in [1.807, 2.05) is 6.92 Å². The van der Waals surface area contributed by atoms with E-state index in [1.165, 1.54) is 15.9 Å². The van der Waals surface area contributed by atoms with Gasteiger partial charge in [-0.15, -0.1) is 0 Å². The quantitative estimate of drug-likeness (QED) is 0.697. The molecule has 1 unspecified atom stereocenters. The Labute approximate surface area is 175 Å². The van der Waals surface area contributed by atoms with Crippen molar-refractivity contribution in [1.29, 1.82) is 5.26 Å². The zero-order valence-corrected chi connectivity index (χ0v) is 17.1. The Bertz CT molecular complexity index is 969. The van der Waals surface area contributed by atoms with E-state index >= 15 is 0 Å². The summed E-state index contributed by atoms with van der Waals surface area (Å²) in [4.78, 5) is 28.6. The number of amides is 2. The summed E-state index contributed by atoms with van der Waals surface area (Å²) < 4.78 is 19.8. The van der Waals surface area contributed by atoms with E-state index in [0.717, 1.165) is 5.56 Å². The molecule has 30 heavy (non-hydrogen) atoms. The summed E-state index contributed by atoms with van der Waals surface area (Å²) in [7, 11) is 0. The number of halogens is 1. The predicted octanol–water partition coefficient (Wildman–Crippen LogP) is 3.83. The second kappa shape index (κ2) is 9.40. The number of benzene rings is 2. The van der Waals surface area contributed by atoms with E-state index in [2.05, 4.69) is 6.07 Å². The van der Waals surface area contributed by atoms with Crippen LogP contribution in [-0.2, 0) is 9.59 Å². The third-order valence-electron chi connectivity index (χ3n) is 5.04. The molecule has 7 heteroatoms. The molecule has 0 radical (unpaired) electrons. The Morgan fingerprint density at radius 2 is 2.03 bits per heavy atom. The number of hydrogen-bond donors (Lipinski definition) is 0. The first kappa shape index (κ1) is 21.3. The Hall–Kier alpha value is -3.40. The fraction of sp³-hybridized carbons (Fsp3) is 0.348. The van der Waals surface area contributed by atoms with Crippen LogP contribution in [0, 0.1) is 30.0 Å². The molecule has 2 aromatic rings. The second-order valence-corrected chi connectivity index (χ2v) is 7.19. The number of rotatable bonds is 7. The lowest BCUT2D eigenvalue weighted by atomic mass is 10.1. The van der Waals surface area contributed by atoms with Crippen LogP contribution in [0.1, 0.15) is 25.3 Å². The van der Waals surface area contributed by atoms with E-state index in [9.17, 15) is 14.0 Å². The summed E-state index contributed by atoms with van der Waals surface area (Å²) in [5.41, 5.74) is 1.57. The molecule has 0 aliphatic carbocycles. The van der Waals surface area contributed by atoms with Crippen molar-refractivity contribution in [2.75, 3.05) is 29.5 Å². The zero-order valence-electron chi connectivity index (χ0n) is 17.1. The Morgan fingerprint density at radius 3 is 2.67 bits per heavy atom. The molecule has 6 nitrogen and oxygen atoms in total. The van der Waals surface area contributed by atoms with Crippen molar-refractivity contribution in [2.45, 2.75) is 26.7 Å². The van der Waals surface area contributed by atoms with Crippen molar-refractivity contribution in [2.24, 2.45) is 5.92 Å². The van der Waals surface area contributed by atoms with Gasteiger partial charge in [-0.05, 0) is 55.8 Å². The third kappa shape index (κ3) is 4.60. The van der Waals surface area contributed by atoms with Gasteiger partial charge in [0.2, 0.25) is 11.8 Å². The molecule has 2 amide bonds. The molecule has 0 N–H and O–H groups in total. The fourth-order valence-corrected chi connectivity index (χ4v) is 3.57. The number of anilines is 2. The summed E-state index contributed by atoms with van der Waals surface area (Å²) in [6.07, 6.45) is 0.169. The normalized spacial score (nSPS) is 15.7. The van der Waals surface area contributed by atoms with Gasteiger partial charge in [-0.2, -0.15) is 5.26 Å². The molecule has 1 atom stereocenters. The van der Waals surface area contributed by atoms with Crippen molar-refractivity contribution in [3.8, 4) is 11.8 Å². The minimum atomic E-state index is -0.608. The lowest BCUT2D eigenvalue weighted by Crippen LogP contribution is -2.38. The van der Waals surface area contributed by atoms with Crippen molar-refractivity contribution < 1.29 is 18.7 Å². The van der Waals surface area contributed by atoms with Crippen LogP contribution in [0.5, 0.6) is 5.75 Å². The minimum Gasteiger partial charge on any atom is -0.494 e. The third-order valence-corrected chi connectivity index (χ3v) is 5.04. The summed E-state index contributed by atoms with van der Waals surface area (Å²) >= 11 is 0. The van der Waals surface area contributed by atoms with Crippen LogP contribution in [0.2, 0.25) is 0 Å². The van der Waals surface area contributed by atoms with Crippen molar-refractivity contribution in [3.05, 3.63) is 53.8 Å². The van der Waals surface area contributed by atoms with Crippen molar-refractivity contribution >= 4 is 23.2 Å².